The van der Waals surface area contributed by atoms with E-state index in [1.54, 1.807) is 0 Å². The fourth-order valence-corrected chi connectivity index (χ4v) is 1.96. The quantitative estimate of drug-likeness (QED) is 0.729. The molecule has 1 unspecified atom stereocenters. The first-order chi connectivity index (χ1) is 6.84. The highest BCUT2D eigenvalue weighted by atomic mass is 15.6. The molecule has 1 atom stereocenters. The number of aromatic nitrogens is 4. The molecule has 5 nitrogen and oxygen atoms in total. The van der Waals surface area contributed by atoms with Crippen molar-refractivity contribution < 1.29 is 0 Å². The Morgan fingerprint density at radius 1 is 1.43 bits per heavy atom. The number of nitrogens with zero attached hydrogens (tertiary/aromatic N) is 4. The fraction of sp³-hybridized carbons (Fsp3) is 0.889. The summed E-state index contributed by atoms with van der Waals surface area (Å²) in [5.74, 6) is 1.62. The number of hydrogen-bond donors (Lipinski definition) is 1. The van der Waals surface area contributed by atoms with E-state index in [-0.39, 0.29) is 0 Å². The maximum absolute atomic E-state index is 4.21. The Morgan fingerprint density at radius 2 is 2.36 bits per heavy atom. The summed E-state index contributed by atoms with van der Waals surface area (Å²) in [5, 5.41) is 15.5. The Bertz CT molecular complexity index is 274. The van der Waals surface area contributed by atoms with Gasteiger partial charge in [-0.3, -0.25) is 0 Å². The van der Waals surface area contributed by atoms with Crippen molar-refractivity contribution in [1.82, 2.24) is 25.5 Å². The van der Waals surface area contributed by atoms with Gasteiger partial charge in [0.15, 0.2) is 5.82 Å². The van der Waals surface area contributed by atoms with Crippen LogP contribution in [0.1, 0.15) is 25.1 Å². The minimum Gasteiger partial charge on any atom is -0.317 e. The number of hydrogen-bond acceptors (Lipinski definition) is 4. The zero-order valence-electron chi connectivity index (χ0n) is 8.61. The summed E-state index contributed by atoms with van der Waals surface area (Å²) in [6.07, 6.45) is 4.77. The van der Waals surface area contributed by atoms with Gasteiger partial charge < -0.3 is 5.32 Å². The molecule has 78 valence electrons. The van der Waals surface area contributed by atoms with Crippen LogP contribution >= 0.6 is 0 Å². The molecule has 0 bridgehead atoms. The van der Waals surface area contributed by atoms with Gasteiger partial charge in [-0.05, 0) is 43.5 Å². The lowest BCUT2D eigenvalue weighted by Crippen LogP contribution is -2.14. The Balaban J connectivity index is 1.89. The molecule has 14 heavy (non-hydrogen) atoms. The number of nitrogens with one attached hydrogen (secondary N) is 1. The van der Waals surface area contributed by atoms with Gasteiger partial charge >= 0.3 is 0 Å². The SMILES string of the molecule is Cn1nnc(CC2CCCNCC2)n1. The highest BCUT2D eigenvalue weighted by Gasteiger charge is 2.14. The molecule has 2 heterocycles. The van der Waals surface area contributed by atoms with Crippen LogP contribution in [0, 0.1) is 5.92 Å². The minimum atomic E-state index is 0.731. The van der Waals surface area contributed by atoms with E-state index in [0.29, 0.717) is 0 Å². The van der Waals surface area contributed by atoms with Gasteiger partial charge in [-0.2, -0.15) is 4.80 Å². The third-order valence-electron chi connectivity index (χ3n) is 2.72. The fourth-order valence-electron chi connectivity index (χ4n) is 1.96. The van der Waals surface area contributed by atoms with Crippen LogP contribution in [0.5, 0.6) is 0 Å². The standard InChI is InChI=1S/C9H17N5/c1-14-12-9(11-13-14)7-8-3-2-5-10-6-4-8/h8,10H,2-7H2,1H3. The second-order valence-corrected chi connectivity index (χ2v) is 3.95. The molecule has 2 rings (SSSR count). The summed E-state index contributed by atoms with van der Waals surface area (Å²) in [6, 6.07) is 0. The molecule has 1 N–H and O–H groups in total. The molecule has 1 aromatic heterocycles. The van der Waals surface area contributed by atoms with Crippen molar-refractivity contribution in [3.63, 3.8) is 0 Å². The second-order valence-electron chi connectivity index (χ2n) is 3.95. The Morgan fingerprint density at radius 3 is 3.14 bits per heavy atom. The maximum Gasteiger partial charge on any atom is 0.175 e. The normalized spacial score (nSPS) is 23.4. The molecular formula is C9H17N5. The van der Waals surface area contributed by atoms with E-state index >= 15 is 0 Å². The first-order valence-corrected chi connectivity index (χ1v) is 5.28. The molecule has 0 spiro atoms. The predicted octanol–water partition coefficient (Wildman–Crippen LogP) is 0.142. The van der Waals surface area contributed by atoms with Gasteiger partial charge in [0, 0.05) is 6.42 Å². The van der Waals surface area contributed by atoms with Gasteiger partial charge in [0.05, 0.1) is 7.05 Å². The van der Waals surface area contributed by atoms with Crippen LogP contribution in [0.25, 0.3) is 0 Å². The smallest absolute Gasteiger partial charge is 0.175 e. The molecule has 5 heteroatoms. The number of tetrazole rings is 1. The van der Waals surface area contributed by atoms with Gasteiger partial charge in [-0.15, -0.1) is 10.2 Å². The van der Waals surface area contributed by atoms with Crippen LogP contribution in [0.3, 0.4) is 0 Å². The monoisotopic (exact) mass is 195 g/mol. The van der Waals surface area contributed by atoms with Crippen LogP contribution < -0.4 is 5.32 Å². The van der Waals surface area contributed by atoms with Crippen LogP contribution in [0.2, 0.25) is 0 Å². The average Bonchev–Trinajstić information content (AvgIpc) is 2.43. The highest BCUT2D eigenvalue weighted by molar-refractivity contribution is 4.82. The van der Waals surface area contributed by atoms with Gasteiger partial charge in [0.2, 0.25) is 0 Å². The van der Waals surface area contributed by atoms with Gasteiger partial charge in [0.1, 0.15) is 0 Å². The molecule has 1 aliphatic rings. The molecule has 1 saturated heterocycles. The second kappa shape index (κ2) is 4.50. The molecule has 1 fully saturated rings. The first-order valence-electron chi connectivity index (χ1n) is 5.28. The summed E-state index contributed by atoms with van der Waals surface area (Å²) in [4.78, 5) is 1.53. The lowest BCUT2D eigenvalue weighted by Gasteiger charge is -2.09. The molecule has 0 saturated carbocycles. The molecule has 0 amide bonds. The minimum absolute atomic E-state index is 0.731. The summed E-state index contributed by atoms with van der Waals surface area (Å²) in [5.41, 5.74) is 0. The van der Waals surface area contributed by atoms with Gasteiger partial charge in [-0.25, -0.2) is 0 Å². The lowest BCUT2D eigenvalue weighted by atomic mass is 9.97. The van der Waals surface area contributed by atoms with E-state index < -0.39 is 0 Å². The van der Waals surface area contributed by atoms with E-state index in [1.165, 1.54) is 24.1 Å². The van der Waals surface area contributed by atoms with Crippen LogP contribution in [-0.4, -0.2) is 33.3 Å². The van der Waals surface area contributed by atoms with Crippen LogP contribution in [-0.2, 0) is 13.5 Å². The van der Waals surface area contributed by atoms with Crippen LogP contribution in [0.4, 0.5) is 0 Å². The van der Waals surface area contributed by atoms with E-state index in [0.717, 1.165) is 31.3 Å². The largest absolute Gasteiger partial charge is 0.317 e. The van der Waals surface area contributed by atoms with E-state index in [2.05, 4.69) is 20.7 Å². The van der Waals surface area contributed by atoms with E-state index in [1.807, 2.05) is 7.05 Å². The maximum atomic E-state index is 4.21. The molecule has 1 aromatic rings. The Kier molecular flexibility index (Phi) is 3.08. The molecule has 0 radical (unpaired) electrons. The third kappa shape index (κ3) is 2.51. The molecular weight excluding hydrogens is 178 g/mol. The summed E-state index contributed by atoms with van der Waals surface area (Å²) >= 11 is 0. The first kappa shape index (κ1) is 9.58. The van der Waals surface area contributed by atoms with Crippen molar-refractivity contribution in [2.75, 3.05) is 13.1 Å². The van der Waals surface area contributed by atoms with Crippen molar-refractivity contribution in [3.05, 3.63) is 5.82 Å². The van der Waals surface area contributed by atoms with E-state index in [9.17, 15) is 0 Å². The third-order valence-corrected chi connectivity index (χ3v) is 2.72. The van der Waals surface area contributed by atoms with Crippen molar-refractivity contribution >= 4 is 0 Å². The van der Waals surface area contributed by atoms with Gasteiger partial charge in [-0.1, -0.05) is 0 Å². The summed E-state index contributed by atoms with van der Waals surface area (Å²) in [6.45, 7) is 2.29. The number of rotatable bonds is 2. The number of aryl methyl sites for hydroxylation is 1. The van der Waals surface area contributed by atoms with Crippen molar-refractivity contribution in [2.45, 2.75) is 25.7 Å². The molecule has 0 aliphatic carbocycles. The summed E-state index contributed by atoms with van der Waals surface area (Å²) in [7, 11) is 1.81. The van der Waals surface area contributed by atoms with Crippen molar-refractivity contribution in [2.24, 2.45) is 13.0 Å². The summed E-state index contributed by atoms with van der Waals surface area (Å²) < 4.78 is 0. The molecule has 1 aliphatic heterocycles. The average molecular weight is 195 g/mol. The van der Waals surface area contributed by atoms with Crippen molar-refractivity contribution in [1.29, 1.82) is 0 Å². The predicted molar refractivity (Wildman–Crippen MR) is 52.7 cm³/mol. The van der Waals surface area contributed by atoms with E-state index in [4.69, 9.17) is 0 Å². The Labute approximate surface area is 83.9 Å². The van der Waals surface area contributed by atoms with Crippen LogP contribution in [0.15, 0.2) is 0 Å². The zero-order chi connectivity index (χ0) is 9.80. The highest BCUT2D eigenvalue weighted by Crippen LogP contribution is 2.16. The lowest BCUT2D eigenvalue weighted by molar-refractivity contribution is 0.458. The molecule has 0 aromatic carbocycles. The zero-order valence-corrected chi connectivity index (χ0v) is 8.61. The van der Waals surface area contributed by atoms with Gasteiger partial charge in [0.25, 0.3) is 0 Å². The topological polar surface area (TPSA) is 55.6 Å². The van der Waals surface area contributed by atoms with Crippen molar-refractivity contribution in [3.8, 4) is 0 Å². The Hall–Kier alpha value is -0.970.